The fourth-order valence-corrected chi connectivity index (χ4v) is 5.57. The van der Waals surface area contributed by atoms with Crippen molar-refractivity contribution in [1.29, 1.82) is 0 Å². The third-order valence-electron chi connectivity index (χ3n) is 6.63. The van der Waals surface area contributed by atoms with Gasteiger partial charge in [0.15, 0.2) is 5.11 Å². The van der Waals surface area contributed by atoms with Crippen molar-refractivity contribution in [3.8, 4) is 17.2 Å². The van der Waals surface area contributed by atoms with Gasteiger partial charge in [0.25, 0.3) is 0 Å². The number of para-hydroxylation sites is 1. The SMILES string of the molecule is COc1ccc(OC)c(N2C(=S)N[C@H](c3ccccn3)[C@@H]2c2cc(C)n(-c3ccccc3Cl)c2C)c1. The molecule has 0 unspecified atom stereocenters. The minimum Gasteiger partial charge on any atom is -0.497 e. The molecule has 5 rings (SSSR count). The van der Waals surface area contributed by atoms with Gasteiger partial charge in [-0.2, -0.15) is 0 Å². The van der Waals surface area contributed by atoms with E-state index in [0.29, 0.717) is 15.9 Å². The van der Waals surface area contributed by atoms with Crippen LogP contribution in [0, 0.1) is 13.8 Å². The molecule has 184 valence electrons. The minimum absolute atomic E-state index is 0.185. The molecule has 0 aliphatic carbocycles. The molecule has 0 spiro atoms. The van der Waals surface area contributed by atoms with E-state index in [2.05, 4.69) is 39.7 Å². The quantitative estimate of drug-likeness (QED) is 0.301. The van der Waals surface area contributed by atoms with Gasteiger partial charge in [0, 0.05) is 23.7 Å². The Bertz CT molecular complexity index is 1420. The van der Waals surface area contributed by atoms with Gasteiger partial charge in [-0.25, -0.2) is 0 Å². The molecule has 6 nitrogen and oxygen atoms in total. The van der Waals surface area contributed by atoms with Crippen molar-refractivity contribution in [1.82, 2.24) is 14.9 Å². The molecule has 1 aliphatic heterocycles. The smallest absolute Gasteiger partial charge is 0.174 e. The average Bonchev–Trinajstić information content (AvgIpc) is 3.39. The number of thiocarbonyl (C=S) groups is 1. The number of nitrogens with one attached hydrogen (secondary N) is 1. The number of aromatic nitrogens is 2. The fourth-order valence-electron chi connectivity index (χ4n) is 5.01. The van der Waals surface area contributed by atoms with Crippen molar-refractivity contribution in [3.63, 3.8) is 0 Å². The third kappa shape index (κ3) is 4.08. The Morgan fingerprint density at radius 2 is 1.72 bits per heavy atom. The van der Waals surface area contributed by atoms with Gasteiger partial charge in [-0.3, -0.25) is 4.98 Å². The number of hydrogen-bond donors (Lipinski definition) is 1. The number of ether oxygens (including phenoxy) is 2. The molecule has 1 saturated heterocycles. The predicted octanol–water partition coefficient (Wildman–Crippen LogP) is 6.34. The van der Waals surface area contributed by atoms with E-state index < -0.39 is 0 Å². The maximum absolute atomic E-state index is 6.61. The minimum atomic E-state index is -0.198. The van der Waals surface area contributed by atoms with Gasteiger partial charge in [0.2, 0.25) is 0 Å². The van der Waals surface area contributed by atoms with Crippen LogP contribution in [0.2, 0.25) is 5.02 Å². The molecule has 2 aromatic heterocycles. The lowest BCUT2D eigenvalue weighted by Crippen LogP contribution is -2.30. The van der Waals surface area contributed by atoms with Crippen molar-refractivity contribution in [2.75, 3.05) is 19.1 Å². The molecule has 3 heterocycles. The van der Waals surface area contributed by atoms with Crippen LogP contribution in [0.25, 0.3) is 5.69 Å². The molecule has 2 atom stereocenters. The largest absolute Gasteiger partial charge is 0.497 e. The van der Waals surface area contributed by atoms with Crippen LogP contribution < -0.4 is 19.7 Å². The summed E-state index contributed by atoms with van der Waals surface area (Å²) < 4.78 is 13.5. The van der Waals surface area contributed by atoms with E-state index in [4.69, 9.17) is 33.3 Å². The standard InChI is InChI=1S/C28H27ClN4O2S/c1-17-15-20(18(2)32(17)23-11-6-5-9-21(23)29)27-26(22-10-7-8-14-30-22)31-28(36)33(27)24-16-19(34-3)12-13-25(24)35-4/h5-16,26-27H,1-4H3,(H,31,36)/t26-,27+/m1/s1. The summed E-state index contributed by atoms with van der Waals surface area (Å²) in [5.41, 5.74) is 5.92. The first-order chi connectivity index (χ1) is 17.4. The Labute approximate surface area is 221 Å². The Hall–Kier alpha value is -3.55. The second-order valence-electron chi connectivity index (χ2n) is 8.65. The first kappa shape index (κ1) is 24.2. The van der Waals surface area contributed by atoms with Crippen LogP contribution in [-0.2, 0) is 0 Å². The summed E-state index contributed by atoms with van der Waals surface area (Å²) in [6, 6.07) is 21.3. The van der Waals surface area contributed by atoms with E-state index in [0.717, 1.165) is 39.8 Å². The highest BCUT2D eigenvalue weighted by atomic mass is 35.5. The predicted molar refractivity (Wildman–Crippen MR) is 148 cm³/mol. The summed E-state index contributed by atoms with van der Waals surface area (Å²) in [4.78, 5) is 6.78. The van der Waals surface area contributed by atoms with E-state index in [-0.39, 0.29) is 12.1 Å². The van der Waals surface area contributed by atoms with Gasteiger partial charge in [0.05, 0.1) is 48.4 Å². The first-order valence-corrected chi connectivity index (χ1v) is 12.4. The molecule has 36 heavy (non-hydrogen) atoms. The second-order valence-corrected chi connectivity index (χ2v) is 9.44. The van der Waals surface area contributed by atoms with Gasteiger partial charge < -0.3 is 24.3 Å². The van der Waals surface area contributed by atoms with E-state index in [9.17, 15) is 0 Å². The number of methoxy groups -OCH3 is 2. The molecule has 4 aromatic rings. The van der Waals surface area contributed by atoms with Crippen LogP contribution in [0.3, 0.4) is 0 Å². The number of halogens is 1. The Morgan fingerprint density at radius 3 is 2.42 bits per heavy atom. The summed E-state index contributed by atoms with van der Waals surface area (Å²) in [7, 11) is 3.31. The molecular weight excluding hydrogens is 492 g/mol. The zero-order chi connectivity index (χ0) is 25.4. The topological polar surface area (TPSA) is 51.6 Å². The number of aryl methyl sites for hydroxylation is 1. The van der Waals surface area contributed by atoms with Crippen LogP contribution in [0.1, 0.15) is 34.7 Å². The van der Waals surface area contributed by atoms with Crippen molar-refractivity contribution in [2.45, 2.75) is 25.9 Å². The van der Waals surface area contributed by atoms with Crippen molar-refractivity contribution >= 4 is 34.6 Å². The lowest BCUT2D eigenvalue weighted by molar-refractivity contribution is 0.403. The van der Waals surface area contributed by atoms with E-state index in [1.807, 2.05) is 60.7 Å². The molecule has 0 amide bonds. The zero-order valence-electron chi connectivity index (χ0n) is 20.5. The van der Waals surface area contributed by atoms with Crippen LogP contribution in [0.5, 0.6) is 11.5 Å². The van der Waals surface area contributed by atoms with Crippen LogP contribution in [0.4, 0.5) is 5.69 Å². The van der Waals surface area contributed by atoms with Crippen LogP contribution >= 0.6 is 23.8 Å². The molecule has 1 N–H and O–H groups in total. The van der Waals surface area contributed by atoms with Crippen LogP contribution in [0.15, 0.2) is 72.9 Å². The number of nitrogens with zero attached hydrogens (tertiary/aromatic N) is 3. The Morgan fingerprint density at radius 1 is 0.944 bits per heavy atom. The monoisotopic (exact) mass is 518 g/mol. The number of pyridine rings is 1. The fraction of sp³-hybridized carbons (Fsp3) is 0.214. The molecule has 1 fully saturated rings. The zero-order valence-corrected chi connectivity index (χ0v) is 22.1. The molecule has 0 radical (unpaired) electrons. The highest BCUT2D eigenvalue weighted by Crippen LogP contribution is 2.47. The number of anilines is 1. The summed E-state index contributed by atoms with van der Waals surface area (Å²) in [6.45, 7) is 4.20. The van der Waals surface area contributed by atoms with Gasteiger partial charge >= 0.3 is 0 Å². The summed E-state index contributed by atoms with van der Waals surface area (Å²) in [6.07, 6.45) is 1.80. The van der Waals surface area contributed by atoms with Gasteiger partial charge in [-0.1, -0.05) is 29.8 Å². The van der Waals surface area contributed by atoms with Crippen molar-refractivity contribution < 1.29 is 9.47 Å². The van der Waals surface area contributed by atoms with E-state index in [1.165, 1.54) is 0 Å². The van der Waals surface area contributed by atoms with Gasteiger partial charge in [0.1, 0.15) is 11.5 Å². The van der Waals surface area contributed by atoms with Gasteiger partial charge in [-0.05, 0) is 74.1 Å². The van der Waals surface area contributed by atoms with Gasteiger partial charge in [-0.15, -0.1) is 0 Å². The molecular formula is C28H27ClN4O2S. The van der Waals surface area contributed by atoms with Crippen LogP contribution in [-0.4, -0.2) is 28.9 Å². The number of hydrogen-bond acceptors (Lipinski definition) is 4. The summed E-state index contributed by atoms with van der Waals surface area (Å²) >= 11 is 12.5. The lowest BCUT2D eigenvalue weighted by Gasteiger charge is -2.29. The highest BCUT2D eigenvalue weighted by Gasteiger charge is 2.43. The molecule has 0 bridgehead atoms. The normalized spacial score (nSPS) is 17.2. The van der Waals surface area contributed by atoms with Crippen molar-refractivity contribution in [3.05, 3.63) is 101 Å². The maximum Gasteiger partial charge on any atom is 0.174 e. The summed E-state index contributed by atoms with van der Waals surface area (Å²) in [5.74, 6) is 1.42. The lowest BCUT2D eigenvalue weighted by atomic mass is 9.96. The first-order valence-electron chi connectivity index (χ1n) is 11.6. The molecule has 2 aromatic carbocycles. The van der Waals surface area contributed by atoms with E-state index >= 15 is 0 Å². The third-order valence-corrected chi connectivity index (χ3v) is 7.26. The van der Waals surface area contributed by atoms with E-state index in [1.54, 1.807) is 20.4 Å². The Balaban J connectivity index is 1.73. The molecule has 0 saturated carbocycles. The number of benzene rings is 2. The highest BCUT2D eigenvalue weighted by molar-refractivity contribution is 7.80. The maximum atomic E-state index is 6.61. The second kappa shape index (κ2) is 9.84. The number of rotatable bonds is 6. The Kier molecular flexibility index (Phi) is 6.60. The van der Waals surface area contributed by atoms with Crippen molar-refractivity contribution in [2.24, 2.45) is 0 Å². The summed E-state index contributed by atoms with van der Waals surface area (Å²) in [5, 5.41) is 4.81. The molecule has 8 heteroatoms. The molecule has 1 aliphatic rings. The average molecular weight is 519 g/mol.